The maximum absolute atomic E-state index is 12.1. The summed E-state index contributed by atoms with van der Waals surface area (Å²) in [6.07, 6.45) is 3.22. The fourth-order valence-corrected chi connectivity index (χ4v) is 3.62. The SMILES string of the molecule is CNC(=O)C1(C)CCN(c2nnnn2[C@@H]2C[C@H]2CC(C)C)C1. The van der Waals surface area contributed by atoms with Gasteiger partial charge >= 0.3 is 0 Å². The molecule has 3 rings (SSSR count). The first kappa shape index (κ1) is 15.2. The highest BCUT2D eigenvalue weighted by Gasteiger charge is 2.45. The van der Waals surface area contributed by atoms with Crippen LogP contribution in [0.2, 0.25) is 0 Å². The standard InChI is InChI=1S/C15H26N6O/c1-10(2)7-11-8-12(11)21-14(17-18-19-21)20-6-5-15(3,9-20)13(22)16-4/h10-12H,5-9H2,1-4H3,(H,16,22)/t11-,12-,15?/m1/s1. The summed E-state index contributed by atoms with van der Waals surface area (Å²) in [5, 5.41) is 15.1. The Morgan fingerprint density at radius 2 is 2.27 bits per heavy atom. The number of nitrogens with one attached hydrogen (secondary N) is 1. The van der Waals surface area contributed by atoms with Crippen LogP contribution in [0.25, 0.3) is 0 Å². The van der Waals surface area contributed by atoms with Gasteiger partial charge in [0.05, 0.1) is 11.5 Å². The van der Waals surface area contributed by atoms with Crippen LogP contribution in [0.3, 0.4) is 0 Å². The van der Waals surface area contributed by atoms with Crippen molar-refractivity contribution >= 4 is 11.9 Å². The number of rotatable bonds is 5. The van der Waals surface area contributed by atoms with Gasteiger partial charge in [-0.15, -0.1) is 0 Å². The molecule has 2 aliphatic rings. The molecule has 1 aromatic heterocycles. The molecule has 1 aliphatic heterocycles. The lowest BCUT2D eigenvalue weighted by molar-refractivity contribution is -0.128. The zero-order chi connectivity index (χ0) is 15.9. The van der Waals surface area contributed by atoms with Gasteiger partial charge in [0.2, 0.25) is 11.9 Å². The van der Waals surface area contributed by atoms with E-state index < -0.39 is 0 Å². The number of hydrogen-bond acceptors (Lipinski definition) is 5. The van der Waals surface area contributed by atoms with Crippen LogP contribution >= 0.6 is 0 Å². The predicted molar refractivity (Wildman–Crippen MR) is 83.4 cm³/mol. The Morgan fingerprint density at radius 3 is 2.95 bits per heavy atom. The van der Waals surface area contributed by atoms with E-state index in [2.05, 4.69) is 39.6 Å². The van der Waals surface area contributed by atoms with Crippen molar-refractivity contribution in [3.8, 4) is 0 Å². The summed E-state index contributed by atoms with van der Waals surface area (Å²) in [5.74, 6) is 2.32. The molecule has 7 nitrogen and oxygen atoms in total. The van der Waals surface area contributed by atoms with Crippen molar-refractivity contribution in [2.45, 2.75) is 46.1 Å². The fraction of sp³-hybridized carbons (Fsp3) is 0.867. The molecule has 0 spiro atoms. The van der Waals surface area contributed by atoms with Crippen LogP contribution in [-0.2, 0) is 4.79 Å². The first-order valence-corrected chi connectivity index (χ1v) is 8.19. The fourth-order valence-electron chi connectivity index (χ4n) is 3.62. The van der Waals surface area contributed by atoms with Gasteiger partial charge in [-0.1, -0.05) is 18.9 Å². The molecule has 2 heterocycles. The van der Waals surface area contributed by atoms with Crippen molar-refractivity contribution in [3.63, 3.8) is 0 Å². The van der Waals surface area contributed by atoms with E-state index in [9.17, 15) is 4.79 Å². The van der Waals surface area contributed by atoms with Gasteiger partial charge in [-0.25, -0.2) is 4.68 Å². The van der Waals surface area contributed by atoms with Crippen LogP contribution in [0.4, 0.5) is 5.95 Å². The Morgan fingerprint density at radius 1 is 1.50 bits per heavy atom. The molecule has 1 unspecified atom stereocenters. The molecule has 0 bridgehead atoms. The minimum absolute atomic E-state index is 0.0955. The van der Waals surface area contributed by atoms with Crippen LogP contribution < -0.4 is 10.2 Å². The van der Waals surface area contributed by atoms with E-state index in [1.54, 1.807) is 7.05 Å². The minimum Gasteiger partial charge on any atom is -0.359 e. The van der Waals surface area contributed by atoms with Crippen molar-refractivity contribution in [1.29, 1.82) is 0 Å². The molecule has 1 saturated carbocycles. The molecule has 1 saturated heterocycles. The molecule has 2 fully saturated rings. The van der Waals surface area contributed by atoms with Crippen LogP contribution in [0, 0.1) is 17.3 Å². The van der Waals surface area contributed by atoms with E-state index in [1.807, 2.05) is 11.6 Å². The van der Waals surface area contributed by atoms with Crippen LogP contribution in [0.15, 0.2) is 0 Å². The van der Waals surface area contributed by atoms with Crippen LogP contribution in [0.5, 0.6) is 0 Å². The first-order valence-electron chi connectivity index (χ1n) is 8.19. The van der Waals surface area contributed by atoms with Gasteiger partial charge in [-0.3, -0.25) is 4.79 Å². The maximum Gasteiger partial charge on any atom is 0.245 e. The summed E-state index contributed by atoms with van der Waals surface area (Å²) < 4.78 is 1.97. The third kappa shape index (κ3) is 2.68. The first-order chi connectivity index (χ1) is 10.4. The monoisotopic (exact) mass is 306 g/mol. The van der Waals surface area contributed by atoms with Gasteiger partial charge in [0.25, 0.3) is 0 Å². The molecule has 1 aliphatic carbocycles. The lowest BCUT2D eigenvalue weighted by atomic mass is 9.89. The number of tetrazole rings is 1. The van der Waals surface area contributed by atoms with Crippen molar-refractivity contribution in [1.82, 2.24) is 25.5 Å². The summed E-state index contributed by atoms with van der Waals surface area (Å²) in [5.41, 5.74) is -0.355. The Kier molecular flexibility index (Phi) is 3.82. The van der Waals surface area contributed by atoms with Gasteiger partial charge in [-0.2, -0.15) is 0 Å². The predicted octanol–water partition coefficient (Wildman–Crippen LogP) is 1.24. The third-order valence-corrected chi connectivity index (χ3v) is 4.98. The minimum atomic E-state index is -0.355. The maximum atomic E-state index is 12.1. The van der Waals surface area contributed by atoms with Gasteiger partial charge in [0.1, 0.15) is 0 Å². The van der Waals surface area contributed by atoms with Crippen molar-refractivity contribution < 1.29 is 4.79 Å². The molecular formula is C15H26N6O. The zero-order valence-electron chi connectivity index (χ0n) is 13.9. The molecule has 1 amide bonds. The second kappa shape index (κ2) is 5.52. The number of hydrogen-bond donors (Lipinski definition) is 1. The summed E-state index contributed by atoms with van der Waals surface area (Å²) in [4.78, 5) is 14.2. The zero-order valence-corrected chi connectivity index (χ0v) is 13.9. The largest absolute Gasteiger partial charge is 0.359 e. The molecule has 1 aromatic rings. The summed E-state index contributed by atoms with van der Waals surface area (Å²) >= 11 is 0. The highest BCUT2D eigenvalue weighted by molar-refractivity contribution is 5.83. The molecule has 0 radical (unpaired) electrons. The number of carbonyl (C=O) groups excluding carboxylic acids is 1. The Balaban J connectivity index is 1.70. The third-order valence-electron chi connectivity index (χ3n) is 4.98. The Labute approximate surface area is 131 Å². The summed E-state index contributed by atoms with van der Waals surface area (Å²) in [7, 11) is 1.70. The van der Waals surface area contributed by atoms with Crippen molar-refractivity contribution in [2.24, 2.45) is 17.3 Å². The average molecular weight is 306 g/mol. The highest BCUT2D eigenvalue weighted by Crippen LogP contribution is 2.48. The van der Waals surface area contributed by atoms with E-state index in [4.69, 9.17) is 0 Å². The second-order valence-corrected chi connectivity index (χ2v) is 7.43. The molecule has 122 valence electrons. The molecule has 1 N–H and O–H groups in total. The van der Waals surface area contributed by atoms with E-state index in [1.165, 1.54) is 6.42 Å². The number of carbonyl (C=O) groups is 1. The highest BCUT2D eigenvalue weighted by atomic mass is 16.2. The lowest BCUT2D eigenvalue weighted by Gasteiger charge is -2.23. The topological polar surface area (TPSA) is 75.9 Å². The van der Waals surface area contributed by atoms with Gasteiger partial charge in [0.15, 0.2) is 0 Å². The number of aromatic nitrogens is 4. The van der Waals surface area contributed by atoms with Crippen LogP contribution in [-0.4, -0.2) is 46.3 Å². The van der Waals surface area contributed by atoms with E-state index in [0.717, 1.165) is 25.3 Å². The van der Waals surface area contributed by atoms with E-state index >= 15 is 0 Å². The van der Waals surface area contributed by atoms with Crippen molar-refractivity contribution in [3.05, 3.63) is 0 Å². The molecule has 3 atom stereocenters. The van der Waals surface area contributed by atoms with Gasteiger partial charge in [-0.05, 0) is 48.4 Å². The smallest absolute Gasteiger partial charge is 0.245 e. The molecule has 7 heteroatoms. The summed E-state index contributed by atoms with van der Waals surface area (Å²) in [6.45, 7) is 8.02. The number of amides is 1. The number of anilines is 1. The van der Waals surface area contributed by atoms with Crippen LogP contribution in [0.1, 0.15) is 46.1 Å². The number of nitrogens with zero attached hydrogens (tertiary/aromatic N) is 5. The quantitative estimate of drug-likeness (QED) is 0.886. The Hall–Kier alpha value is -1.66. The molecule has 0 aromatic carbocycles. The average Bonchev–Trinajstić information content (AvgIpc) is 2.90. The summed E-state index contributed by atoms with van der Waals surface area (Å²) in [6, 6.07) is 0.430. The normalized spacial score (nSPS) is 30.9. The van der Waals surface area contributed by atoms with Gasteiger partial charge < -0.3 is 10.2 Å². The second-order valence-electron chi connectivity index (χ2n) is 7.43. The molecule has 22 heavy (non-hydrogen) atoms. The lowest BCUT2D eigenvalue weighted by Crippen LogP contribution is -2.39. The van der Waals surface area contributed by atoms with Gasteiger partial charge in [0, 0.05) is 20.1 Å². The molecular weight excluding hydrogens is 280 g/mol. The van der Waals surface area contributed by atoms with Crippen molar-refractivity contribution in [2.75, 3.05) is 25.0 Å². The van der Waals surface area contributed by atoms with E-state index in [-0.39, 0.29) is 11.3 Å². The Bertz CT molecular complexity index is 556. The van der Waals surface area contributed by atoms with E-state index in [0.29, 0.717) is 24.4 Å².